The molecule has 0 aliphatic rings. The number of hydrogen-bond donors (Lipinski definition) is 0. The van der Waals surface area contributed by atoms with Gasteiger partial charge in [0.1, 0.15) is 17.6 Å². The van der Waals surface area contributed by atoms with Crippen LogP contribution in [-0.4, -0.2) is 5.97 Å². The number of ether oxygens (including phenoxy) is 2. The van der Waals surface area contributed by atoms with Gasteiger partial charge in [0.15, 0.2) is 0 Å². The average molecular weight is 444 g/mol. The Labute approximate surface area is 211 Å². The predicted molar refractivity (Wildman–Crippen MR) is 118 cm³/mol. The van der Waals surface area contributed by atoms with Crippen LogP contribution in [-0.2, 0) is 9.53 Å². The molecule has 154 valence electrons. The molecule has 0 spiro atoms. The first-order valence-electron chi connectivity index (χ1n) is 9.66. The molecule has 3 aromatic rings. The second-order valence-electron chi connectivity index (χ2n) is 7.21. The van der Waals surface area contributed by atoms with Gasteiger partial charge in [-0.1, -0.05) is 67.9 Å². The molecule has 31 heavy (non-hydrogen) atoms. The molecule has 6 heteroatoms. The van der Waals surface area contributed by atoms with Gasteiger partial charge in [-0.05, 0) is 47.9 Å². The number of rotatable bonds is 7. The Hall–Kier alpha value is -2.29. The van der Waals surface area contributed by atoms with Crippen molar-refractivity contribution < 1.29 is 45.3 Å². The number of halogens is 1. The number of esters is 1. The van der Waals surface area contributed by atoms with E-state index in [9.17, 15) is 10.1 Å². The molecule has 0 fully saturated rings. The molecule has 2 atom stereocenters. The fraction of sp³-hybridized carbons (Fsp3) is 0.200. The maximum absolute atomic E-state index is 13.0. The van der Waals surface area contributed by atoms with Crippen LogP contribution >= 0.6 is 11.6 Å². The van der Waals surface area contributed by atoms with E-state index in [0.29, 0.717) is 22.1 Å². The summed E-state index contributed by atoms with van der Waals surface area (Å²) in [6, 6.07) is 25.5. The van der Waals surface area contributed by atoms with Crippen molar-refractivity contribution in [3.05, 3.63) is 95.0 Å². The second-order valence-corrected chi connectivity index (χ2v) is 7.64. The monoisotopic (exact) mass is 443 g/mol. The third kappa shape index (κ3) is 6.85. The molecule has 0 saturated heterocycles. The number of nitrogens with zero attached hydrogens (tertiary/aromatic N) is 1. The minimum atomic E-state index is -1.04. The van der Waals surface area contributed by atoms with Gasteiger partial charge >= 0.3 is 35.5 Å². The third-order valence-corrected chi connectivity index (χ3v) is 4.89. The van der Waals surface area contributed by atoms with Gasteiger partial charge in [0, 0.05) is 10.6 Å². The summed E-state index contributed by atoms with van der Waals surface area (Å²) in [5.74, 6) is 0.289. The SMILES string of the molecule is CC(C)[C@H](C(=O)O[C@H](C#N)c1cccc(Oc2ccccc2)c1)c1ccc(Cl)cc1.[H-].[Na+]. The van der Waals surface area contributed by atoms with E-state index in [1.807, 2.05) is 56.3 Å². The molecule has 0 aliphatic heterocycles. The molecular weight excluding hydrogens is 421 g/mol. The molecule has 0 bridgehead atoms. The smallest absolute Gasteiger partial charge is 1.00 e. The van der Waals surface area contributed by atoms with E-state index in [1.54, 1.807) is 36.4 Å². The summed E-state index contributed by atoms with van der Waals surface area (Å²) in [6.45, 7) is 3.88. The van der Waals surface area contributed by atoms with Crippen LogP contribution in [0.1, 0.15) is 38.4 Å². The van der Waals surface area contributed by atoms with Crippen molar-refractivity contribution in [1.82, 2.24) is 0 Å². The molecule has 0 radical (unpaired) electrons. The first-order valence-corrected chi connectivity index (χ1v) is 10.0. The Kier molecular flexibility index (Phi) is 9.61. The van der Waals surface area contributed by atoms with Crippen LogP contribution in [0.3, 0.4) is 0 Å². The van der Waals surface area contributed by atoms with Crippen molar-refractivity contribution in [2.24, 2.45) is 5.92 Å². The van der Waals surface area contributed by atoms with Gasteiger partial charge in [0.2, 0.25) is 6.10 Å². The number of benzene rings is 3. The van der Waals surface area contributed by atoms with E-state index in [-0.39, 0.29) is 36.9 Å². The number of carbonyl (C=O) groups is 1. The summed E-state index contributed by atoms with van der Waals surface area (Å²) < 4.78 is 11.4. The van der Waals surface area contributed by atoms with Crippen molar-refractivity contribution >= 4 is 17.6 Å². The van der Waals surface area contributed by atoms with E-state index in [4.69, 9.17) is 21.1 Å². The third-order valence-electron chi connectivity index (χ3n) is 4.64. The normalized spacial score (nSPS) is 12.2. The first kappa shape index (κ1) is 25.0. The zero-order valence-corrected chi connectivity index (χ0v) is 20.5. The first-order chi connectivity index (χ1) is 14.5. The van der Waals surface area contributed by atoms with Crippen LogP contribution in [0.2, 0.25) is 5.02 Å². The summed E-state index contributed by atoms with van der Waals surface area (Å²) in [6.07, 6.45) is -1.04. The van der Waals surface area contributed by atoms with Crippen LogP contribution in [0.4, 0.5) is 0 Å². The van der Waals surface area contributed by atoms with Gasteiger partial charge in [0.25, 0.3) is 0 Å². The average Bonchev–Trinajstić information content (AvgIpc) is 2.74. The van der Waals surface area contributed by atoms with Gasteiger partial charge in [-0.2, -0.15) is 5.26 Å². The number of carbonyl (C=O) groups excluding carboxylic acids is 1. The van der Waals surface area contributed by atoms with E-state index < -0.39 is 18.0 Å². The summed E-state index contributed by atoms with van der Waals surface area (Å²) >= 11 is 5.96. The summed E-state index contributed by atoms with van der Waals surface area (Å²) in [7, 11) is 0. The van der Waals surface area contributed by atoms with Gasteiger partial charge in [0.05, 0.1) is 5.92 Å². The van der Waals surface area contributed by atoms with Gasteiger partial charge in [-0.15, -0.1) is 0 Å². The largest absolute Gasteiger partial charge is 1.00 e. The topological polar surface area (TPSA) is 59.3 Å². The molecule has 0 aliphatic carbocycles. The van der Waals surface area contributed by atoms with Gasteiger partial charge in [-0.25, -0.2) is 0 Å². The fourth-order valence-corrected chi connectivity index (χ4v) is 3.31. The van der Waals surface area contributed by atoms with Gasteiger partial charge in [-0.3, -0.25) is 4.79 Å². The Balaban J connectivity index is 0.00000256. The summed E-state index contributed by atoms with van der Waals surface area (Å²) in [5, 5.41) is 10.2. The van der Waals surface area contributed by atoms with Gasteiger partial charge < -0.3 is 10.9 Å². The zero-order valence-electron chi connectivity index (χ0n) is 18.8. The van der Waals surface area contributed by atoms with E-state index in [0.717, 1.165) is 5.56 Å². The molecular formula is C25H23ClNNaO3. The van der Waals surface area contributed by atoms with Crippen molar-refractivity contribution in [3.8, 4) is 17.6 Å². The molecule has 0 aromatic heterocycles. The van der Waals surface area contributed by atoms with E-state index >= 15 is 0 Å². The van der Waals surface area contributed by atoms with Crippen LogP contribution in [0.25, 0.3) is 0 Å². The molecule has 3 rings (SSSR count). The van der Waals surface area contributed by atoms with Crippen LogP contribution < -0.4 is 34.3 Å². The minimum Gasteiger partial charge on any atom is -1.00 e. The number of nitriles is 1. The molecule has 0 unspecified atom stereocenters. The summed E-state index contributed by atoms with van der Waals surface area (Å²) in [5.41, 5.74) is 1.36. The van der Waals surface area contributed by atoms with Crippen molar-refractivity contribution in [1.29, 1.82) is 5.26 Å². The number of para-hydroxylation sites is 1. The quantitative estimate of drug-likeness (QED) is 0.411. The molecule has 4 nitrogen and oxygen atoms in total. The van der Waals surface area contributed by atoms with Crippen molar-refractivity contribution in [3.63, 3.8) is 0 Å². The van der Waals surface area contributed by atoms with Crippen molar-refractivity contribution in [2.75, 3.05) is 0 Å². The molecule has 0 amide bonds. The van der Waals surface area contributed by atoms with E-state index in [2.05, 4.69) is 6.07 Å². The molecule has 0 N–H and O–H groups in total. The fourth-order valence-electron chi connectivity index (χ4n) is 3.19. The van der Waals surface area contributed by atoms with E-state index in [1.165, 1.54) is 0 Å². The van der Waals surface area contributed by atoms with Crippen LogP contribution in [0.15, 0.2) is 78.9 Å². The molecule has 0 heterocycles. The Bertz CT molecular complexity index is 1040. The molecule has 3 aromatic carbocycles. The summed E-state index contributed by atoms with van der Waals surface area (Å²) in [4.78, 5) is 13.0. The zero-order chi connectivity index (χ0) is 21.5. The second kappa shape index (κ2) is 11.9. The Morgan fingerprint density at radius 1 is 0.935 bits per heavy atom. The molecule has 0 saturated carbocycles. The predicted octanol–water partition coefficient (Wildman–Crippen LogP) is 3.80. The maximum Gasteiger partial charge on any atom is 1.00 e. The van der Waals surface area contributed by atoms with Crippen LogP contribution in [0.5, 0.6) is 11.5 Å². The Morgan fingerprint density at radius 3 is 2.19 bits per heavy atom. The number of hydrogen-bond acceptors (Lipinski definition) is 4. The maximum atomic E-state index is 13.0. The van der Waals surface area contributed by atoms with Crippen molar-refractivity contribution in [2.45, 2.75) is 25.9 Å². The standard InChI is InChI=1S/C25H22ClNO3.Na.H/c1-17(2)24(18-11-13-20(26)14-12-18)25(28)30-23(16-27)19-7-6-10-22(15-19)29-21-8-4-3-5-9-21;;/h3-15,17,23-24H,1-2H3;;/q;+1;-1/t23-,24+;;/m1../s1. The minimum absolute atomic E-state index is 0. The van der Waals surface area contributed by atoms with Crippen LogP contribution in [0, 0.1) is 17.2 Å². The Morgan fingerprint density at radius 2 is 1.58 bits per heavy atom.